The Morgan fingerprint density at radius 1 is 1.09 bits per heavy atom. The molecule has 182 valence electrons. The lowest BCUT2D eigenvalue weighted by Crippen LogP contribution is -2.49. The fourth-order valence-electron chi connectivity index (χ4n) is 3.65. The molecule has 1 heterocycles. The first-order valence-corrected chi connectivity index (χ1v) is 10.4. The Morgan fingerprint density at radius 3 is 2.32 bits per heavy atom. The normalized spacial score (nSPS) is 14.1. The first-order chi connectivity index (χ1) is 16.0. The minimum Gasteiger partial charge on any atom is -0.379 e. The van der Waals surface area contributed by atoms with Gasteiger partial charge in [0.1, 0.15) is 11.5 Å². The van der Waals surface area contributed by atoms with Crippen molar-refractivity contribution in [1.29, 1.82) is 0 Å². The van der Waals surface area contributed by atoms with Gasteiger partial charge < -0.3 is 15.1 Å². The van der Waals surface area contributed by atoms with Crippen LogP contribution in [0.2, 0.25) is 0 Å². The van der Waals surface area contributed by atoms with Gasteiger partial charge in [0.2, 0.25) is 5.91 Å². The van der Waals surface area contributed by atoms with Crippen LogP contribution in [0.15, 0.2) is 36.4 Å². The number of alkyl halides is 3. The Labute approximate surface area is 192 Å². The summed E-state index contributed by atoms with van der Waals surface area (Å²) in [6.07, 6.45) is -4.74. The fourth-order valence-corrected chi connectivity index (χ4v) is 3.65. The van der Waals surface area contributed by atoms with Crippen LogP contribution in [0.3, 0.4) is 0 Å². The number of nitrogens with zero attached hydrogens (tertiary/aromatic N) is 3. The maximum absolute atomic E-state index is 14.4. The molecule has 2 aromatic carbocycles. The van der Waals surface area contributed by atoms with Crippen LogP contribution < -0.4 is 10.2 Å². The van der Waals surface area contributed by atoms with E-state index in [4.69, 9.17) is 0 Å². The maximum atomic E-state index is 14.4. The summed E-state index contributed by atoms with van der Waals surface area (Å²) in [5.74, 6) is -1.000. The highest BCUT2D eigenvalue weighted by Gasteiger charge is 2.33. The molecule has 8 nitrogen and oxygen atoms in total. The van der Waals surface area contributed by atoms with E-state index >= 15 is 0 Å². The largest absolute Gasteiger partial charge is 0.416 e. The van der Waals surface area contributed by atoms with Crippen molar-refractivity contribution in [2.45, 2.75) is 19.5 Å². The quantitative estimate of drug-likeness (QED) is 0.276. The van der Waals surface area contributed by atoms with Crippen molar-refractivity contribution in [3.8, 4) is 0 Å². The molecule has 1 N–H and O–H groups in total. The minimum absolute atomic E-state index is 0.00755. The number of carbonyl (C=O) groups is 2. The predicted octanol–water partition coefficient (Wildman–Crippen LogP) is 4.11. The van der Waals surface area contributed by atoms with Gasteiger partial charge in [0, 0.05) is 50.8 Å². The number of amides is 1. The zero-order valence-electron chi connectivity index (χ0n) is 18.2. The van der Waals surface area contributed by atoms with Crippen molar-refractivity contribution in [3.05, 3.63) is 63.5 Å². The van der Waals surface area contributed by atoms with Gasteiger partial charge in [-0.25, -0.2) is 4.39 Å². The summed E-state index contributed by atoms with van der Waals surface area (Å²) < 4.78 is 52.8. The van der Waals surface area contributed by atoms with Gasteiger partial charge in [-0.15, -0.1) is 0 Å². The lowest BCUT2D eigenvalue weighted by atomic mass is 10.1. The van der Waals surface area contributed by atoms with Crippen molar-refractivity contribution >= 4 is 28.8 Å². The first-order valence-electron chi connectivity index (χ1n) is 10.4. The molecule has 2 aromatic rings. The van der Waals surface area contributed by atoms with Crippen LogP contribution in [0.1, 0.15) is 29.3 Å². The fraction of sp³-hybridized carbons (Fsp3) is 0.364. The summed E-state index contributed by atoms with van der Waals surface area (Å²) in [6, 6.07) is 6.41. The summed E-state index contributed by atoms with van der Waals surface area (Å²) in [4.78, 5) is 37.4. The second-order valence-corrected chi connectivity index (χ2v) is 7.75. The molecule has 1 saturated heterocycles. The molecule has 0 unspecified atom stereocenters. The van der Waals surface area contributed by atoms with E-state index in [9.17, 15) is 37.3 Å². The van der Waals surface area contributed by atoms with Gasteiger partial charge in [-0.2, -0.15) is 13.2 Å². The van der Waals surface area contributed by atoms with Gasteiger partial charge in [-0.3, -0.25) is 19.7 Å². The molecule has 1 fully saturated rings. The second kappa shape index (κ2) is 10.1. The number of hydrogen-bond donors (Lipinski definition) is 1. The number of nitro benzene ring substituents is 1. The van der Waals surface area contributed by atoms with E-state index in [2.05, 4.69) is 5.32 Å². The van der Waals surface area contributed by atoms with Crippen molar-refractivity contribution in [1.82, 2.24) is 4.90 Å². The highest BCUT2D eigenvalue weighted by Crippen LogP contribution is 2.35. The van der Waals surface area contributed by atoms with Crippen LogP contribution in [-0.4, -0.2) is 54.2 Å². The van der Waals surface area contributed by atoms with Crippen molar-refractivity contribution < 1.29 is 32.1 Å². The molecule has 34 heavy (non-hydrogen) atoms. The number of rotatable bonds is 7. The number of ketones is 1. The highest BCUT2D eigenvalue weighted by molar-refractivity contribution is 5.94. The van der Waals surface area contributed by atoms with E-state index in [1.165, 1.54) is 19.1 Å². The topological polar surface area (TPSA) is 95.8 Å². The number of piperazine rings is 1. The standard InChI is InChI=1S/C22H22F4N4O4/c1-14(31)15-2-5-19(17(23)12-15)28-8-10-29(11-9-28)21(32)6-7-27-18-4-3-16(22(24,25)26)13-20(18)30(33)34/h2-5,12-13,27H,6-11H2,1H3. The Bertz CT molecular complexity index is 1100. The molecule has 3 rings (SSSR count). The zero-order valence-corrected chi connectivity index (χ0v) is 18.2. The van der Waals surface area contributed by atoms with E-state index in [0.29, 0.717) is 37.9 Å². The van der Waals surface area contributed by atoms with Crippen molar-refractivity contribution in [2.24, 2.45) is 0 Å². The number of hydrogen-bond acceptors (Lipinski definition) is 6. The van der Waals surface area contributed by atoms with Crippen molar-refractivity contribution in [2.75, 3.05) is 42.9 Å². The Morgan fingerprint density at radius 2 is 1.76 bits per heavy atom. The number of carbonyl (C=O) groups excluding carboxylic acids is 2. The molecule has 1 amide bonds. The summed E-state index contributed by atoms with van der Waals surface area (Å²) in [5, 5.41) is 13.8. The molecular formula is C22H22F4N4O4. The predicted molar refractivity (Wildman–Crippen MR) is 116 cm³/mol. The van der Waals surface area contributed by atoms with Gasteiger partial charge in [0.05, 0.1) is 16.2 Å². The average Bonchev–Trinajstić information content (AvgIpc) is 2.78. The Balaban J connectivity index is 1.53. The summed E-state index contributed by atoms with van der Waals surface area (Å²) in [7, 11) is 0. The number of halogens is 4. The van der Waals surface area contributed by atoms with Crippen LogP contribution in [-0.2, 0) is 11.0 Å². The molecule has 0 saturated carbocycles. The lowest BCUT2D eigenvalue weighted by molar-refractivity contribution is -0.384. The van der Waals surface area contributed by atoms with Gasteiger partial charge in [-0.1, -0.05) is 0 Å². The van der Waals surface area contributed by atoms with Crippen LogP contribution >= 0.6 is 0 Å². The zero-order chi connectivity index (χ0) is 25.0. The number of Topliss-reactive ketones (excluding diaryl/α,β-unsaturated/α-hetero) is 1. The highest BCUT2D eigenvalue weighted by atomic mass is 19.4. The summed E-state index contributed by atoms with van der Waals surface area (Å²) >= 11 is 0. The van der Waals surface area contributed by atoms with Gasteiger partial charge >= 0.3 is 6.18 Å². The summed E-state index contributed by atoms with van der Waals surface area (Å²) in [6.45, 7) is 2.75. The Kier molecular flexibility index (Phi) is 7.38. The lowest BCUT2D eigenvalue weighted by Gasteiger charge is -2.36. The third kappa shape index (κ3) is 5.80. The molecule has 0 atom stereocenters. The first kappa shape index (κ1) is 24.9. The third-order valence-electron chi connectivity index (χ3n) is 5.50. The number of anilines is 2. The molecule has 0 aliphatic carbocycles. The molecule has 0 spiro atoms. The van der Waals surface area contributed by atoms with E-state index in [1.807, 2.05) is 0 Å². The van der Waals surface area contributed by atoms with Crippen LogP contribution in [0, 0.1) is 15.9 Å². The third-order valence-corrected chi connectivity index (χ3v) is 5.50. The monoisotopic (exact) mass is 482 g/mol. The van der Waals surface area contributed by atoms with Gasteiger partial charge in [0.25, 0.3) is 5.69 Å². The molecule has 0 bridgehead atoms. The van der Waals surface area contributed by atoms with Gasteiger partial charge in [-0.05, 0) is 37.3 Å². The second-order valence-electron chi connectivity index (χ2n) is 7.75. The molecule has 1 aliphatic rings. The smallest absolute Gasteiger partial charge is 0.379 e. The van der Waals surface area contributed by atoms with Crippen molar-refractivity contribution in [3.63, 3.8) is 0 Å². The average molecular weight is 482 g/mol. The van der Waals surface area contributed by atoms with E-state index in [-0.39, 0.29) is 35.9 Å². The maximum Gasteiger partial charge on any atom is 0.416 e. The van der Waals surface area contributed by atoms with E-state index in [1.54, 1.807) is 15.9 Å². The molecular weight excluding hydrogens is 460 g/mol. The number of nitro groups is 1. The van der Waals surface area contributed by atoms with Crippen LogP contribution in [0.25, 0.3) is 0 Å². The minimum atomic E-state index is -4.71. The van der Waals surface area contributed by atoms with Crippen LogP contribution in [0.5, 0.6) is 0 Å². The van der Waals surface area contributed by atoms with Gasteiger partial charge in [0.15, 0.2) is 5.78 Å². The van der Waals surface area contributed by atoms with E-state index in [0.717, 1.165) is 12.1 Å². The molecule has 12 heteroatoms. The summed E-state index contributed by atoms with van der Waals surface area (Å²) in [5.41, 5.74) is -1.36. The number of benzene rings is 2. The molecule has 0 aromatic heterocycles. The molecule has 0 radical (unpaired) electrons. The Hall–Kier alpha value is -3.70. The molecule has 1 aliphatic heterocycles. The van der Waals surface area contributed by atoms with E-state index < -0.39 is 28.2 Å². The SMILES string of the molecule is CC(=O)c1ccc(N2CCN(C(=O)CCNc3ccc(C(F)(F)F)cc3[N+](=O)[O-])CC2)c(F)c1. The van der Waals surface area contributed by atoms with Crippen LogP contribution in [0.4, 0.5) is 34.6 Å². The number of nitrogens with one attached hydrogen (secondary N) is 1.